The monoisotopic (exact) mass is 209 g/mol. The Morgan fingerprint density at radius 1 is 1.20 bits per heavy atom. The second kappa shape index (κ2) is 5.96. The minimum absolute atomic E-state index is 0.374. The highest BCUT2D eigenvalue weighted by Gasteiger charge is 2.21. The normalized spacial score (nSPS) is 13.4. The molecule has 0 bridgehead atoms. The number of rotatable bonds is 6. The molecule has 86 valence electrons. The average Bonchev–Trinajstić information content (AvgIpc) is 2.65. The van der Waals surface area contributed by atoms with E-state index in [2.05, 4.69) is 32.2 Å². The summed E-state index contributed by atoms with van der Waals surface area (Å²) in [6, 6.07) is 4.52. The van der Waals surface area contributed by atoms with Gasteiger partial charge in [0, 0.05) is 0 Å². The predicted molar refractivity (Wildman–Crippen MR) is 63.9 cm³/mol. The van der Waals surface area contributed by atoms with E-state index in [-0.39, 0.29) is 0 Å². The molecule has 0 spiro atoms. The summed E-state index contributed by atoms with van der Waals surface area (Å²) >= 11 is 0. The molecule has 0 radical (unpaired) electrons. The molecule has 1 heterocycles. The van der Waals surface area contributed by atoms with Crippen LogP contribution in [0.1, 0.15) is 51.2 Å². The summed E-state index contributed by atoms with van der Waals surface area (Å²) in [6.07, 6.45) is 2.38. The lowest BCUT2D eigenvalue weighted by molar-refractivity contribution is 0.294. The third kappa shape index (κ3) is 3.10. The van der Waals surface area contributed by atoms with Crippen molar-refractivity contribution >= 4 is 0 Å². The van der Waals surface area contributed by atoms with E-state index in [1.54, 1.807) is 0 Å². The number of aryl methyl sites for hydroxylation is 1. The van der Waals surface area contributed by atoms with E-state index < -0.39 is 0 Å². The number of hydrogen-bond acceptors (Lipinski definition) is 2. The minimum Gasteiger partial charge on any atom is -0.465 e. The highest BCUT2D eigenvalue weighted by Crippen LogP contribution is 2.28. The lowest BCUT2D eigenvalue weighted by Crippen LogP contribution is -2.27. The summed E-state index contributed by atoms with van der Waals surface area (Å²) in [7, 11) is 0. The van der Waals surface area contributed by atoms with E-state index >= 15 is 0 Å². The van der Waals surface area contributed by atoms with Crippen molar-refractivity contribution in [1.29, 1.82) is 0 Å². The summed E-state index contributed by atoms with van der Waals surface area (Å²) in [5.41, 5.74) is 0. The van der Waals surface area contributed by atoms with Crippen LogP contribution in [0.2, 0.25) is 0 Å². The van der Waals surface area contributed by atoms with Crippen molar-refractivity contribution in [3.63, 3.8) is 0 Å². The van der Waals surface area contributed by atoms with Gasteiger partial charge in [-0.3, -0.25) is 0 Å². The van der Waals surface area contributed by atoms with Gasteiger partial charge in [-0.1, -0.05) is 33.6 Å². The van der Waals surface area contributed by atoms with Gasteiger partial charge in [0.2, 0.25) is 0 Å². The Hall–Kier alpha value is -0.760. The zero-order chi connectivity index (χ0) is 11.3. The number of nitrogens with one attached hydrogen (secondary N) is 1. The summed E-state index contributed by atoms with van der Waals surface area (Å²) in [5, 5.41) is 3.52. The highest BCUT2D eigenvalue weighted by molar-refractivity contribution is 5.10. The zero-order valence-electron chi connectivity index (χ0n) is 10.3. The lowest BCUT2D eigenvalue weighted by atomic mass is 9.92. The van der Waals surface area contributed by atoms with E-state index in [0.717, 1.165) is 18.1 Å². The molecule has 1 aromatic heterocycles. The van der Waals surface area contributed by atoms with Gasteiger partial charge in [0.15, 0.2) is 0 Å². The highest BCUT2D eigenvalue weighted by atomic mass is 16.3. The second-order valence-electron chi connectivity index (χ2n) is 4.06. The van der Waals surface area contributed by atoms with Crippen LogP contribution in [0.25, 0.3) is 0 Å². The van der Waals surface area contributed by atoms with Crippen molar-refractivity contribution in [3.05, 3.63) is 23.7 Å². The maximum absolute atomic E-state index is 5.72. The molecule has 0 aliphatic carbocycles. The molecular formula is C13H23NO. The fourth-order valence-corrected chi connectivity index (χ4v) is 2.10. The molecule has 1 unspecified atom stereocenters. The van der Waals surface area contributed by atoms with Gasteiger partial charge in [0.25, 0.3) is 0 Å². The van der Waals surface area contributed by atoms with Crippen molar-refractivity contribution in [2.75, 3.05) is 6.54 Å². The van der Waals surface area contributed by atoms with Crippen LogP contribution in [0.5, 0.6) is 0 Å². The number of furan rings is 1. The first-order chi connectivity index (χ1) is 7.22. The van der Waals surface area contributed by atoms with E-state index in [1.807, 2.05) is 13.0 Å². The Morgan fingerprint density at radius 3 is 2.27 bits per heavy atom. The molecule has 0 saturated heterocycles. The molecule has 0 aliphatic heterocycles. The summed E-state index contributed by atoms with van der Waals surface area (Å²) < 4.78 is 5.72. The van der Waals surface area contributed by atoms with Crippen LogP contribution in [0.3, 0.4) is 0 Å². The van der Waals surface area contributed by atoms with Gasteiger partial charge in [-0.15, -0.1) is 0 Å². The zero-order valence-corrected chi connectivity index (χ0v) is 10.3. The smallest absolute Gasteiger partial charge is 0.121 e. The van der Waals surface area contributed by atoms with E-state index in [9.17, 15) is 0 Å². The Morgan fingerprint density at radius 2 is 1.87 bits per heavy atom. The van der Waals surface area contributed by atoms with Crippen LogP contribution in [-0.4, -0.2) is 6.54 Å². The van der Waals surface area contributed by atoms with Gasteiger partial charge in [-0.2, -0.15) is 0 Å². The SMILES string of the molecule is CCNC(c1ccc(C)o1)C(CC)CC. The van der Waals surface area contributed by atoms with Gasteiger partial charge < -0.3 is 9.73 Å². The Balaban J connectivity index is 2.81. The lowest BCUT2D eigenvalue weighted by Gasteiger charge is -2.24. The molecule has 1 atom stereocenters. The molecule has 2 nitrogen and oxygen atoms in total. The summed E-state index contributed by atoms with van der Waals surface area (Å²) in [6.45, 7) is 9.62. The Kier molecular flexibility index (Phi) is 4.89. The van der Waals surface area contributed by atoms with E-state index in [4.69, 9.17) is 4.42 Å². The molecule has 1 rings (SSSR count). The van der Waals surface area contributed by atoms with Crippen molar-refractivity contribution in [2.45, 2.75) is 46.6 Å². The fraction of sp³-hybridized carbons (Fsp3) is 0.692. The van der Waals surface area contributed by atoms with Crippen LogP contribution in [0.4, 0.5) is 0 Å². The molecule has 0 saturated carbocycles. The van der Waals surface area contributed by atoms with Gasteiger partial charge in [0.05, 0.1) is 6.04 Å². The van der Waals surface area contributed by atoms with Crippen LogP contribution < -0.4 is 5.32 Å². The third-order valence-electron chi connectivity index (χ3n) is 3.01. The van der Waals surface area contributed by atoms with E-state index in [1.165, 1.54) is 12.8 Å². The molecular weight excluding hydrogens is 186 g/mol. The molecule has 15 heavy (non-hydrogen) atoms. The van der Waals surface area contributed by atoms with Crippen molar-refractivity contribution < 1.29 is 4.42 Å². The van der Waals surface area contributed by atoms with Gasteiger partial charge in [-0.05, 0) is 31.5 Å². The molecule has 0 aliphatic rings. The molecule has 1 N–H and O–H groups in total. The third-order valence-corrected chi connectivity index (χ3v) is 3.01. The molecule has 1 aromatic rings. The van der Waals surface area contributed by atoms with Crippen LogP contribution in [-0.2, 0) is 0 Å². The first-order valence-corrected chi connectivity index (χ1v) is 6.02. The van der Waals surface area contributed by atoms with Gasteiger partial charge in [-0.25, -0.2) is 0 Å². The molecule has 0 amide bonds. The van der Waals surface area contributed by atoms with Crippen molar-refractivity contribution in [3.8, 4) is 0 Å². The van der Waals surface area contributed by atoms with Crippen molar-refractivity contribution in [2.24, 2.45) is 5.92 Å². The largest absolute Gasteiger partial charge is 0.465 e. The minimum atomic E-state index is 0.374. The first kappa shape index (κ1) is 12.3. The van der Waals surface area contributed by atoms with E-state index in [0.29, 0.717) is 12.0 Å². The van der Waals surface area contributed by atoms with Crippen LogP contribution >= 0.6 is 0 Å². The second-order valence-corrected chi connectivity index (χ2v) is 4.06. The molecule has 0 aromatic carbocycles. The average molecular weight is 209 g/mol. The topological polar surface area (TPSA) is 25.2 Å². The summed E-state index contributed by atoms with van der Waals surface area (Å²) in [5.74, 6) is 2.75. The van der Waals surface area contributed by atoms with Crippen LogP contribution in [0, 0.1) is 12.8 Å². The maximum Gasteiger partial charge on any atom is 0.121 e. The Bertz CT molecular complexity index is 276. The van der Waals surface area contributed by atoms with Crippen molar-refractivity contribution in [1.82, 2.24) is 5.32 Å². The quantitative estimate of drug-likeness (QED) is 0.773. The fourth-order valence-electron chi connectivity index (χ4n) is 2.10. The standard InChI is InChI=1S/C13H23NO/c1-5-11(6-2)13(14-7-3)12-9-8-10(4)15-12/h8-9,11,13-14H,5-7H2,1-4H3. The predicted octanol–water partition coefficient (Wildman–Crippen LogP) is 3.67. The maximum atomic E-state index is 5.72. The van der Waals surface area contributed by atoms with Gasteiger partial charge in [0.1, 0.15) is 11.5 Å². The van der Waals surface area contributed by atoms with Crippen LogP contribution in [0.15, 0.2) is 16.5 Å². The molecule has 2 heteroatoms. The molecule has 0 fully saturated rings. The first-order valence-electron chi connectivity index (χ1n) is 6.02. The number of hydrogen-bond donors (Lipinski definition) is 1. The Labute approximate surface area is 93.1 Å². The van der Waals surface area contributed by atoms with Gasteiger partial charge >= 0.3 is 0 Å². The summed E-state index contributed by atoms with van der Waals surface area (Å²) in [4.78, 5) is 0.